The van der Waals surface area contributed by atoms with E-state index in [0.717, 1.165) is 12.8 Å². The third-order valence-corrected chi connectivity index (χ3v) is 4.70. The highest BCUT2D eigenvalue weighted by Crippen LogP contribution is 2.31. The normalized spacial score (nSPS) is 17.8. The van der Waals surface area contributed by atoms with Crippen molar-refractivity contribution in [1.82, 2.24) is 4.90 Å². The molecule has 1 atom stereocenters. The number of piperidine rings is 1. The van der Waals surface area contributed by atoms with Crippen molar-refractivity contribution in [2.24, 2.45) is 11.3 Å². The molecule has 1 fully saturated rings. The first-order valence-corrected chi connectivity index (χ1v) is 8.62. The number of hydrogen-bond acceptors (Lipinski definition) is 4. The van der Waals surface area contributed by atoms with Gasteiger partial charge in [-0.2, -0.15) is 0 Å². The Labute approximate surface area is 149 Å². The smallest absolute Gasteiger partial charge is 0.239 e. The summed E-state index contributed by atoms with van der Waals surface area (Å²) in [6.45, 7) is 6.88. The van der Waals surface area contributed by atoms with Crippen LogP contribution in [0.2, 0.25) is 0 Å². The van der Waals surface area contributed by atoms with Gasteiger partial charge in [0.25, 0.3) is 0 Å². The van der Waals surface area contributed by atoms with Gasteiger partial charge in [0.2, 0.25) is 11.8 Å². The van der Waals surface area contributed by atoms with Gasteiger partial charge < -0.3 is 19.7 Å². The second-order valence-electron chi connectivity index (χ2n) is 7.14. The number of anilines is 1. The largest absolute Gasteiger partial charge is 0.497 e. The molecule has 1 aromatic rings. The predicted octanol–water partition coefficient (Wildman–Crippen LogP) is 2.93. The van der Waals surface area contributed by atoms with Crippen molar-refractivity contribution in [3.63, 3.8) is 0 Å². The lowest BCUT2D eigenvalue weighted by Gasteiger charge is -2.36. The summed E-state index contributed by atoms with van der Waals surface area (Å²) in [5.41, 5.74) is -0.676. The molecule has 6 nitrogen and oxygen atoms in total. The lowest BCUT2D eigenvalue weighted by atomic mass is 9.88. The van der Waals surface area contributed by atoms with E-state index in [1.165, 1.54) is 7.11 Å². The fourth-order valence-electron chi connectivity index (χ4n) is 3.06. The SMILES string of the molecule is COc1ccc(OC)c(NC(=O)C(C)(C)C(=O)N2CCCC(C)C2)c1. The van der Waals surface area contributed by atoms with Crippen LogP contribution in [0.25, 0.3) is 0 Å². The van der Waals surface area contributed by atoms with E-state index in [2.05, 4.69) is 12.2 Å². The van der Waals surface area contributed by atoms with Gasteiger partial charge in [-0.25, -0.2) is 0 Å². The molecule has 0 bridgehead atoms. The van der Waals surface area contributed by atoms with Gasteiger partial charge in [-0.15, -0.1) is 0 Å². The predicted molar refractivity (Wildman–Crippen MR) is 96.9 cm³/mol. The lowest BCUT2D eigenvalue weighted by Crippen LogP contribution is -2.50. The van der Waals surface area contributed by atoms with E-state index in [-0.39, 0.29) is 11.8 Å². The molecule has 0 saturated carbocycles. The fourth-order valence-corrected chi connectivity index (χ4v) is 3.06. The highest BCUT2D eigenvalue weighted by atomic mass is 16.5. The molecule has 0 spiro atoms. The first-order valence-electron chi connectivity index (χ1n) is 8.62. The zero-order valence-corrected chi connectivity index (χ0v) is 15.7. The summed E-state index contributed by atoms with van der Waals surface area (Å²) >= 11 is 0. The molecule has 138 valence electrons. The Hall–Kier alpha value is -2.24. The second-order valence-corrected chi connectivity index (χ2v) is 7.14. The maximum atomic E-state index is 12.9. The lowest BCUT2D eigenvalue weighted by molar-refractivity contribution is -0.147. The zero-order valence-electron chi connectivity index (χ0n) is 15.7. The first-order chi connectivity index (χ1) is 11.8. The molecule has 1 saturated heterocycles. The van der Waals surface area contributed by atoms with E-state index in [1.54, 1.807) is 44.1 Å². The molecular weight excluding hydrogens is 320 g/mol. The van der Waals surface area contributed by atoms with Crippen LogP contribution < -0.4 is 14.8 Å². The maximum absolute atomic E-state index is 12.9. The molecule has 1 N–H and O–H groups in total. The van der Waals surface area contributed by atoms with Crippen LogP contribution in [0, 0.1) is 11.3 Å². The van der Waals surface area contributed by atoms with Gasteiger partial charge in [-0.1, -0.05) is 6.92 Å². The Morgan fingerprint density at radius 2 is 1.96 bits per heavy atom. The molecule has 0 aliphatic carbocycles. The molecule has 1 heterocycles. The van der Waals surface area contributed by atoms with Gasteiger partial charge in [0.05, 0.1) is 19.9 Å². The highest BCUT2D eigenvalue weighted by molar-refractivity contribution is 6.10. The van der Waals surface area contributed by atoms with Crippen molar-refractivity contribution in [2.75, 3.05) is 32.6 Å². The molecule has 25 heavy (non-hydrogen) atoms. The van der Waals surface area contributed by atoms with Crippen molar-refractivity contribution in [3.05, 3.63) is 18.2 Å². The minimum absolute atomic E-state index is 0.140. The summed E-state index contributed by atoms with van der Waals surface area (Å²) < 4.78 is 10.5. The summed E-state index contributed by atoms with van der Waals surface area (Å²) in [6.07, 6.45) is 2.10. The monoisotopic (exact) mass is 348 g/mol. The third-order valence-electron chi connectivity index (χ3n) is 4.70. The van der Waals surface area contributed by atoms with Crippen LogP contribution in [0.4, 0.5) is 5.69 Å². The van der Waals surface area contributed by atoms with E-state index < -0.39 is 5.41 Å². The number of nitrogens with one attached hydrogen (secondary N) is 1. The number of benzene rings is 1. The number of carbonyl (C=O) groups is 2. The number of amides is 2. The third kappa shape index (κ3) is 4.24. The average molecular weight is 348 g/mol. The summed E-state index contributed by atoms with van der Waals surface area (Å²) in [5.74, 6) is 1.09. The topological polar surface area (TPSA) is 67.9 Å². The number of carbonyl (C=O) groups excluding carboxylic acids is 2. The molecule has 1 aliphatic heterocycles. The van der Waals surface area contributed by atoms with E-state index in [1.807, 2.05) is 0 Å². The average Bonchev–Trinajstić information content (AvgIpc) is 2.60. The summed E-state index contributed by atoms with van der Waals surface area (Å²) in [5, 5.41) is 2.82. The molecule has 2 rings (SSSR count). The van der Waals surface area contributed by atoms with Crippen LogP contribution in [-0.4, -0.2) is 44.0 Å². The maximum Gasteiger partial charge on any atom is 0.239 e. The fraction of sp³-hybridized carbons (Fsp3) is 0.579. The number of hydrogen-bond donors (Lipinski definition) is 1. The number of rotatable bonds is 5. The van der Waals surface area contributed by atoms with Crippen LogP contribution in [0.3, 0.4) is 0 Å². The molecule has 1 aromatic carbocycles. The Morgan fingerprint density at radius 3 is 2.56 bits per heavy atom. The van der Waals surface area contributed by atoms with E-state index in [4.69, 9.17) is 9.47 Å². The molecule has 0 aromatic heterocycles. The first kappa shape index (κ1) is 19.1. The highest BCUT2D eigenvalue weighted by Gasteiger charge is 2.40. The van der Waals surface area contributed by atoms with E-state index in [9.17, 15) is 9.59 Å². The minimum Gasteiger partial charge on any atom is -0.497 e. The number of nitrogens with zero attached hydrogens (tertiary/aromatic N) is 1. The van der Waals surface area contributed by atoms with Gasteiger partial charge in [0.15, 0.2) is 0 Å². The second kappa shape index (κ2) is 7.76. The standard InChI is InChI=1S/C19H28N2O4/c1-13-7-6-10-21(12-13)18(23)19(2,3)17(22)20-15-11-14(24-4)8-9-16(15)25-5/h8-9,11,13H,6-7,10,12H2,1-5H3,(H,20,22). The molecule has 1 unspecified atom stereocenters. The molecular formula is C19H28N2O4. The Bertz CT molecular complexity index is 642. The van der Waals surface area contributed by atoms with Gasteiger partial charge in [0.1, 0.15) is 16.9 Å². The van der Waals surface area contributed by atoms with E-state index in [0.29, 0.717) is 36.2 Å². The van der Waals surface area contributed by atoms with Gasteiger partial charge in [-0.3, -0.25) is 9.59 Å². The van der Waals surface area contributed by atoms with Crippen molar-refractivity contribution < 1.29 is 19.1 Å². The Morgan fingerprint density at radius 1 is 1.24 bits per heavy atom. The number of likely N-dealkylation sites (tertiary alicyclic amines) is 1. The van der Waals surface area contributed by atoms with Crippen LogP contribution in [-0.2, 0) is 9.59 Å². The van der Waals surface area contributed by atoms with Crippen LogP contribution in [0.1, 0.15) is 33.6 Å². The quantitative estimate of drug-likeness (QED) is 0.831. The number of ether oxygens (including phenoxy) is 2. The van der Waals surface area contributed by atoms with Crippen molar-refractivity contribution in [3.8, 4) is 11.5 Å². The van der Waals surface area contributed by atoms with E-state index >= 15 is 0 Å². The van der Waals surface area contributed by atoms with Gasteiger partial charge in [0, 0.05) is 19.2 Å². The van der Waals surface area contributed by atoms with Gasteiger partial charge in [-0.05, 0) is 44.7 Å². The molecule has 1 aliphatic rings. The minimum atomic E-state index is -1.16. The van der Waals surface area contributed by atoms with Gasteiger partial charge >= 0.3 is 0 Å². The zero-order chi connectivity index (χ0) is 18.6. The molecule has 0 radical (unpaired) electrons. The van der Waals surface area contributed by atoms with Crippen molar-refractivity contribution >= 4 is 17.5 Å². The summed E-state index contributed by atoms with van der Waals surface area (Å²) in [7, 11) is 3.08. The van der Waals surface area contributed by atoms with Crippen molar-refractivity contribution in [1.29, 1.82) is 0 Å². The van der Waals surface area contributed by atoms with Crippen LogP contribution in [0.15, 0.2) is 18.2 Å². The molecule has 6 heteroatoms. The van der Waals surface area contributed by atoms with Crippen LogP contribution >= 0.6 is 0 Å². The molecule has 2 amide bonds. The Balaban J connectivity index is 2.17. The number of methoxy groups -OCH3 is 2. The van der Waals surface area contributed by atoms with Crippen molar-refractivity contribution in [2.45, 2.75) is 33.6 Å². The summed E-state index contributed by atoms with van der Waals surface area (Å²) in [6, 6.07) is 5.15. The Kier molecular flexibility index (Phi) is 5.93. The summed E-state index contributed by atoms with van der Waals surface area (Å²) in [4.78, 5) is 27.5. The van der Waals surface area contributed by atoms with Crippen LogP contribution in [0.5, 0.6) is 11.5 Å².